The Bertz CT molecular complexity index is 938. The fraction of sp³-hybridized carbons (Fsp3) is 0.368. The topological polar surface area (TPSA) is 139 Å². The zero-order valence-corrected chi connectivity index (χ0v) is 19.1. The molecule has 160 valence electrons. The van der Waals surface area contributed by atoms with Crippen LogP contribution in [0.15, 0.2) is 45.3 Å². The summed E-state index contributed by atoms with van der Waals surface area (Å²) >= 11 is 6.60. The Morgan fingerprint density at radius 1 is 0.867 bits per heavy atom. The Morgan fingerprint density at radius 3 is 1.57 bits per heavy atom. The van der Waals surface area contributed by atoms with E-state index in [2.05, 4.69) is 37.2 Å². The maximum atomic E-state index is 12.1. The molecule has 0 aliphatic carbocycles. The predicted molar refractivity (Wildman–Crippen MR) is 116 cm³/mol. The second kappa shape index (κ2) is 8.12. The first-order valence-electron chi connectivity index (χ1n) is 8.95. The van der Waals surface area contributed by atoms with Crippen molar-refractivity contribution in [3.8, 4) is 11.5 Å². The lowest BCUT2D eigenvalue weighted by atomic mass is 9.66. The van der Waals surface area contributed by atoms with Gasteiger partial charge in [0.25, 0.3) is 0 Å². The summed E-state index contributed by atoms with van der Waals surface area (Å²) in [6, 6.07) is 4.13. The van der Waals surface area contributed by atoms with Crippen molar-refractivity contribution in [2.45, 2.75) is 38.0 Å². The lowest BCUT2D eigenvalue weighted by Crippen LogP contribution is -2.63. The molecule has 0 aromatic heterocycles. The van der Waals surface area contributed by atoms with Gasteiger partial charge in [-0.15, -0.1) is 0 Å². The summed E-state index contributed by atoms with van der Waals surface area (Å²) in [6.07, 6.45) is 0. The van der Waals surface area contributed by atoms with Crippen LogP contribution >= 0.6 is 31.9 Å². The van der Waals surface area contributed by atoms with E-state index in [0.29, 0.717) is 8.95 Å². The first-order valence-corrected chi connectivity index (χ1v) is 10.5. The number of rotatable bonds is 4. The Hall–Kier alpha value is -2.24. The van der Waals surface area contributed by atoms with Crippen molar-refractivity contribution in [2.75, 3.05) is 0 Å². The van der Waals surface area contributed by atoms with Crippen molar-refractivity contribution in [1.29, 1.82) is 0 Å². The molecular formula is C19H19Br2N3O6. The maximum absolute atomic E-state index is 12.1. The highest BCUT2D eigenvalue weighted by atomic mass is 79.9. The van der Waals surface area contributed by atoms with E-state index >= 15 is 0 Å². The number of hydrogen-bond acceptors (Lipinski definition) is 7. The Morgan fingerprint density at radius 2 is 1.23 bits per heavy atom. The molecule has 0 saturated carbocycles. The molecule has 4 atom stereocenters. The van der Waals surface area contributed by atoms with E-state index in [1.54, 1.807) is 24.3 Å². The number of nitrogens with one attached hydrogen (secondary N) is 1. The normalized spacial score (nSPS) is 25.6. The van der Waals surface area contributed by atoms with Gasteiger partial charge in [-0.3, -0.25) is 25.5 Å². The largest absolute Gasteiger partial charge is 0.508 e. The molecule has 0 radical (unpaired) electrons. The highest BCUT2D eigenvalue weighted by Crippen LogP contribution is 2.49. The van der Waals surface area contributed by atoms with Gasteiger partial charge in [0.2, 0.25) is 12.1 Å². The first kappa shape index (κ1) is 22.4. The van der Waals surface area contributed by atoms with Crippen LogP contribution in [0.4, 0.5) is 0 Å². The standard InChI is InChI=1S/C19H19Br2N3O6/c1-19(2)17(23(27)28)15(11-7-9(20)3-5-13(11)25)22-16(18(19)24(29)30)12-8-10(21)4-6-14(12)26/h3-8,15-18,22,25-26H,1-2H3/t15-,16-,17-,18+/m1/s1. The second-order valence-electron chi connectivity index (χ2n) is 7.81. The summed E-state index contributed by atoms with van der Waals surface area (Å²) in [5.74, 6) is -0.342. The highest BCUT2D eigenvalue weighted by molar-refractivity contribution is 9.10. The number of nitro groups is 2. The van der Waals surface area contributed by atoms with Gasteiger partial charge in [-0.25, -0.2) is 0 Å². The van der Waals surface area contributed by atoms with Gasteiger partial charge in [0.05, 0.1) is 0 Å². The first-order chi connectivity index (χ1) is 13.9. The highest BCUT2D eigenvalue weighted by Gasteiger charge is 2.63. The Kier molecular flexibility index (Phi) is 6.08. The van der Waals surface area contributed by atoms with E-state index in [0.717, 1.165) is 0 Å². The Labute approximate surface area is 188 Å². The lowest BCUT2D eigenvalue weighted by molar-refractivity contribution is -0.605. The SMILES string of the molecule is CC1(C)[C@@H]([N+](=O)[O-])[C@@H](c2cc(Br)ccc2O)N[C@H](c2cc(Br)ccc2O)[C@H]1[N+](=O)[O-]. The molecule has 1 heterocycles. The van der Waals surface area contributed by atoms with Gasteiger partial charge >= 0.3 is 0 Å². The van der Waals surface area contributed by atoms with Gasteiger partial charge in [-0.1, -0.05) is 31.9 Å². The van der Waals surface area contributed by atoms with Crippen molar-refractivity contribution in [3.05, 3.63) is 76.7 Å². The summed E-state index contributed by atoms with van der Waals surface area (Å²) in [5.41, 5.74) is -0.960. The number of piperidine rings is 1. The van der Waals surface area contributed by atoms with E-state index in [4.69, 9.17) is 0 Å². The van der Waals surface area contributed by atoms with Crippen LogP contribution in [-0.4, -0.2) is 32.1 Å². The molecule has 1 aliphatic heterocycles. The molecule has 1 aliphatic rings. The van der Waals surface area contributed by atoms with Gasteiger partial charge < -0.3 is 10.2 Å². The number of aromatic hydroxyl groups is 2. The van der Waals surface area contributed by atoms with Gasteiger partial charge in [0.1, 0.15) is 29.0 Å². The third-order valence-electron chi connectivity index (χ3n) is 5.62. The van der Waals surface area contributed by atoms with Crippen molar-refractivity contribution in [1.82, 2.24) is 5.32 Å². The molecule has 9 nitrogen and oxygen atoms in total. The Balaban J connectivity index is 2.25. The molecule has 0 amide bonds. The number of halogens is 2. The summed E-state index contributed by atoms with van der Waals surface area (Å²) < 4.78 is 1.19. The van der Waals surface area contributed by atoms with Crippen molar-refractivity contribution in [2.24, 2.45) is 5.41 Å². The molecule has 11 heteroatoms. The molecule has 2 aromatic carbocycles. The van der Waals surface area contributed by atoms with Crippen molar-refractivity contribution >= 4 is 31.9 Å². The smallest absolute Gasteiger partial charge is 0.244 e. The predicted octanol–water partition coefficient (Wildman–Crippen LogP) is 4.33. The molecule has 1 fully saturated rings. The van der Waals surface area contributed by atoms with E-state index < -0.39 is 39.4 Å². The van der Waals surface area contributed by atoms with E-state index in [9.17, 15) is 30.4 Å². The van der Waals surface area contributed by atoms with Crippen LogP contribution in [0.1, 0.15) is 37.1 Å². The van der Waals surface area contributed by atoms with Gasteiger partial charge in [0, 0.05) is 29.9 Å². The minimum Gasteiger partial charge on any atom is -0.508 e. The lowest BCUT2D eigenvalue weighted by Gasteiger charge is -2.44. The molecule has 3 rings (SSSR count). The monoisotopic (exact) mass is 543 g/mol. The number of phenolic OH excluding ortho intramolecular Hbond substituents is 2. The van der Waals surface area contributed by atoms with E-state index in [-0.39, 0.29) is 22.6 Å². The number of phenols is 2. The van der Waals surface area contributed by atoms with Crippen LogP contribution in [0.25, 0.3) is 0 Å². The fourth-order valence-corrected chi connectivity index (χ4v) is 5.02. The zero-order chi connectivity index (χ0) is 22.4. The van der Waals surface area contributed by atoms with Gasteiger partial charge in [-0.2, -0.15) is 0 Å². The van der Waals surface area contributed by atoms with Gasteiger partial charge in [0.15, 0.2) is 0 Å². The van der Waals surface area contributed by atoms with Crippen molar-refractivity contribution in [3.63, 3.8) is 0 Å². The quantitative estimate of drug-likeness (QED) is 0.384. The number of hydrogen-bond donors (Lipinski definition) is 3. The zero-order valence-electron chi connectivity index (χ0n) is 16.0. The summed E-state index contributed by atoms with van der Waals surface area (Å²) in [6.45, 7) is 2.94. The molecule has 0 bridgehead atoms. The van der Waals surface area contributed by atoms with E-state index in [1.807, 2.05) is 0 Å². The van der Waals surface area contributed by atoms with Crippen LogP contribution in [0, 0.1) is 25.6 Å². The number of nitrogens with zero attached hydrogens (tertiary/aromatic N) is 2. The third-order valence-corrected chi connectivity index (χ3v) is 6.61. The molecule has 30 heavy (non-hydrogen) atoms. The molecule has 2 aromatic rings. The minimum atomic E-state index is -1.43. The van der Waals surface area contributed by atoms with Gasteiger partial charge in [-0.05, 0) is 50.2 Å². The average Bonchev–Trinajstić information content (AvgIpc) is 2.63. The van der Waals surface area contributed by atoms with Crippen LogP contribution in [0.5, 0.6) is 11.5 Å². The molecule has 3 N–H and O–H groups in total. The van der Waals surface area contributed by atoms with E-state index in [1.165, 1.54) is 26.0 Å². The fourth-order valence-electron chi connectivity index (χ4n) is 4.27. The van der Waals surface area contributed by atoms with Crippen molar-refractivity contribution < 1.29 is 20.1 Å². The second-order valence-corrected chi connectivity index (χ2v) is 9.64. The van der Waals surface area contributed by atoms with Crippen LogP contribution < -0.4 is 5.32 Å². The third kappa shape index (κ3) is 3.88. The van der Waals surface area contributed by atoms with Crippen LogP contribution in [0.2, 0.25) is 0 Å². The maximum Gasteiger partial charge on any atom is 0.244 e. The summed E-state index contributed by atoms with van der Waals surface area (Å²) in [7, 11) is 0. The molecular weight excluding hydrogens is 526 g/mol. The van der Waals surface area contributed by atoms with Crippen LogP contribution in [-0.2, 0) is 0 Å². The van der Waals surface area contributed by atoms with Crippen LogP contribution in [0.3, 0.4) is 0 Å². The minimum absolute atomic E-state index is 0.171. The molecule has 0 spiro atoms. The molecule has 1 saturated heterocycles. The number of benzene rings is 2. The molecule has 0 unspecified atom stereocenters. The summed E-state index contributed by atoms with van der Waals surface area (Å²) in [5, 5.41) is 48.0. The average molecular weight is 545 g/mol. The summed E-state index contributed by atoms with van der Waals surface area (Å²) in [4.78, 5) is 23.0.